The van der Waals surface area contributed by atoms with Gasteiger partial charge in [0.25, 0.3) is 0 Å². The lowest BCUT2D eigenvalue weighted by Gasteiger charge is -2.30. The Kier molecular flexibility index (Phi) is 4.16. The summed E-state index contributed by atoms with van der Waals surface area (Å²) in [5.74, 6) is 0. The van der Waals surface area contributed by atoms with Gasteiger partial charge in [0, 0.05) is 12.6 Å². The molecule has 0 aromatic rings. The molecule has 3 nitrogen and oxygen atoms in total. The third-order valence-corrected chi connectivity index (χ3v) is 5.40. The molecule has 0 amide bonds. The Balaban J connectivity index is 1.51. The van der Waals surface area contributed by atoms with E-state index in [-0.39, 0.29) is 11.7 Å². The Labute approximate surface area is 117 Å². The van der Waals surface area contributed by atoms with Crippen molar-refractivity contribution in [2.45, 2.75) is 88.6 Å². The molecule has 0 aromatic heterocycles. The van der Waals surface area contributed by atoms with E-state index < -0.39 is 0 Å². The second-order valence-electron chi connectivity index (χ2n) is 7.04. The normalized spacial score (nSPS) is 36.3. The van der Waals surface area contributed by atoms with Crippen molar-refractivity contribution in [3.8, 4) is 0 Å². The Hall–Kier alpha value is -0.120. The van der Waals surface area contributed by atoms with Crippen molar-refractivity contribution in [3.63, 3.8) is 0 Å². The molecule has 19 heavy (non-hydrogen) atoms. The van der Waals surface area contributed by atoms with E-state index in [1.807, 2.05) is 6.92 Å². The molecule has 3 fully saturated rings. The summed E-state index contributed by atoms with van der Waals surface area (Å²) in [5.41, 5.74) is 0.268. The highest BCUT2D eigenvalue weighted by molar-refractivity contribution is 4.94. The fourth-order valence-electron chi connectivity index (χ4n) is 4.47. The molecule has 0 bridgehead atoms. The molecule has 1 aliphatic carbocycles. The van der Waals surface area contributed by atoms with Crippen molar-refractivity contribution in [1.82, 2.24) is 4.90 Å². The minimum atomic E-state index is -0.170. The first-order valence-electron chi connectivity index (χ1n) is 8.27. The molecular weight excluding hydrogens is 238 g/mol. The summed E-state index contributed by atoms with van der Waals surface area (Å²) >= 11 is 0. The molecule has 110 valence electrons. The topological polar surface area (TPSA) is 32.7 Å². The van der Waals surface area contributed by atoms with E-state index in [1.165, 1.54) is 57.9 Å². The molecule has 3 heteroatoms. The number of aliphatic hydroxyl groups excluding tert-OH is 1. The van der Waals surface area contributed by atoms with Gasteiger partial charge in [0.1, 0.15) is 0 Å². The van der Waals surface area contributed by atoms with Crippen LogP contribution in [0.5, 0.6) is 0 Å². The molecule has 2 saturated heterocycles. The van der Waals surface area contributed by atoms with Crippen LogP contribution in [0.15, 0.2) is 0 Å². The smallest absolute Gasteiger partial charge is 0.0710 e. The quantitative estimate of drug-likeness (QED) is 0.850. The summed E-state index contributed by atoms with van der Waals surface area (Å²) in [4.78, 5) is 2.57. The van der Waals surface area contributed by atoms with E-state index >= 15 is 0 Å². The summed E-state index contributed by atoms with van der Waals surface area (Å²) in [6.45, 7) is 4.21. The van der Waals surface area contributed by atoms with Crippen molar-refractivity contribution >= 4 is 0 Å². The third kappa shape index (κ3) is 3.14. The average molecular weight is 267 g/mol. The molecule has 3 unspecified atom stereocenters. The molecule has 1 N–H and O–H groups in total. The van der Waals surface area contributed by atoms with E-state index in [4.69, 9.17) is 4.74 Å². The Bertz CT molecular complexity index is 299. The lowest BCUT2D eigenvalue weighted by atomic mass is 9.98. The van der Waals surface area contributed by atoms with Crippen molar-refractivity contribution in [2.75, 3.05) is 13.1 Å². The van der Waals surface area contributed by atoms with Gasteiger partial charge in [0.15, 0.2) is 0 Å². The van der Waals surface area contributed by atoms with E-state index in [2.05, 4.69) is 4.90 Å². The van der Waals surface area contributed by atoms with Gasteiger partial charge in [-0.05, 0) is 58.4 Å². The fraction of sp³-hybridized carbons (Fsp3) is 1.00. The van der Waals surface area contributed by atoms with Crippen LogP contribution in [-0.2, 0) is 4.74 Å². The highest BCUT2D eigenvalue weighted by Gasteiger charge is 2.43. The van der Waals surface area contributed by atoms with Crippen LogP contribution in [0.25, 0.3) is 0 Å². The zero-order valence-corrected chi connectivity index (χ0v) is 12.3. The lowest BCUT2D eigenvalue weighted by Crippen LogP contribution is -2.38. The highest BCUT2D eigenvalue weighted by Crippen LogP contribution is 2.43. The van der Waals surface area contributed by atoms with E-state index in [9.17, 15) is 5.11 Å². The van der Waals surface area contributed by atoms with Crippen molar-refractivity contribution < 1.29 is 9.84 Å². The molecule has 3 rings (SSSR count). The van der Waals surface area contributed by atoms with E-state index in [1.54, 1.807) is 0 Å². The fourth-order valence-corrected chi connectivity index (χ4v) is 4.47. The number of hydrogen-bond donors (Lipinski definition) is 1. The highest BCUT2D eigenvalue weighted by atomic mass is 16.5. The average Bonchev–Trinajstić information content (AvgIpc) is 3.06. The van der Waals surface area contributed by atoms with Crippen molar-refractivity contribution in [3.05, 3.63) is 0 Å². The van der Waals surface area contributed by atoms with Crippen molar-refractivity contribution in [1.29, 1.82) is 0 Å². The van der Waals surface area contributed by atoms with Crippen LogP contribution in [-0.4, -0.2) is 46.9 Å². The number of rotatable bonds is 4. The van der Waals surface area contributed by atoms with Crippen LogP contribution >= 0.6 is 0 Å². The molecule has 3 aliphatic rings. The second kappa shape index (κ2) is 5.71. The minimum Gasteiger partial charge on any atom is -0.393 e. The molecule has 0 radical (unpaired) electrons. The summed E-state index contributed by atoms with van der Waals surface area (Å²) in [5, 5.41) is 9.60. The van der Waals surface area contributed by atoms with Gasteiger partial charge in [-0.25, -0.2) is 0 Å². The predicted octanol–water partition coefficient (Wildman–Crippen LogP) is 2.71. The zero-order chi connectivity index (χ0) is 13.3. The predicted molar refractivity (Wildman–Crippen MR) is 76.2 cm³/mol. The summed E-state index contributed by atoms with van der Waals surface area (Å²) in [6.07, 6.45) is 11.6. The molecule has 3 atom stereocenters. The van der Waals surface area contributed by atoms with Crippen LogP contribution in [0.3, 0.4) is 0 Å². The van der Waals surface area contributed by atoms with Crippen LogP contribution in [0.2, 0.25) is 0 Å². The van der Waals surface area contributed by atoms with Gasteiger partial charge >= 0.3 is 0 Å². The maximum Gasteiger partial charge on any atom is 0.0710 e. The molecule has 1 spiro atoms. The number of aliphatic hydroxyl groups is 1. The molecule has 0 aromatic carbocycles. The standard InChI is InChI=1S/C16H29NO2/c1-13(18)11-14-5-4-10-17(14)12-15-6-9-16(19-15)7-2-3-8-16/h13-15,18H,2-12H2,1H3. The number of hydrogen-bond acceptors (Lipinski definition) is 3. The zero-order valence-electron chi connectivity index (χ0n) is 12.3. The largest absolute Gasteiger partial charge is 0.393 e. The van der Waals surface area contributed by atoms with Gasteiger partial charge in [-0.15, -0.1) is 0 Å². The van der Waals surface area contributed by atoms with Gasteiger partial charge in [-0.1, -0.05) is 12.8 Å². The summed E-state index contributed by atoms with van der Waals surface area (Å²) in [7, 11) is 0. The SMILES string of the molecule is CC(O)CC1CCCN1CC1CCC2(CCCC2)O1. The Morgan fingerprint density at radius 2 is 2.00 bits per heavy atom. The lowest BCUT2D eigenvalue weighted by molar-refractivity contribution is -0.0497. The van der Waals surface area contributed by atoms with Gasteiger partial charge in [-0.2, -0.15) is 0 Å². The van der Waals surface area contributed by atoms with Gasteiger partial charge < -0.3 is 9.84 Å². The van der Waals surface area contributed by atoms with Crippen molar-refractivity contribution in [2.24, 2.45) is 0 Å². The third-order valence-electron chi connectivity index (χ3n) is 5.40. The Morgan fingerprint density at radius 1 is 1.21 bits per heavy atom. The molecule has 1 saturated carbocycles. The monoisotopic (exact) mass is 267 g/mol. The number of nitrogens with zero attached hydrogens (tertiary/aromatic N) is 1. The van der Waals surface area contributed by atoms with Gasteiger partial charge in [0.05, 0.1) is 17.8 Å². The van der Waals surface area contributed by atoms with Crippen LogP contribution in [0.1, 0.15) is 64.7 Å². The molecule has 2 heterocycles. The van der Waals surface area contributed by atoms with E-state index in [0.717, 1.165) is 13.0 Å². The molecular formula is C16H29NO2. The van der Waals surface area contributed by atoms with Crippen LogP contribution in [0, 0.1) is 0 Å². The first-order valence-corrected chi connectivity index (χ1v) is 8.27. The maximum atomic E-state index is 9.60. The second-order valence-corrected chi connectivity index (χ2v) is 7.04. The van der Waals surface area contributed by atoms with Crippen LogP contribution in [0.4, 0.5) is 0 Å². The van der Waals surface area contributed by atoms with Gasteiger partial charge in [-0.3, -0.25) is 4.90 Å². The van der Waals surface area contributed by atoms with Gasteiger partial charge in [0.2, 0.25) is 0 Å². The maximum absolute atomic E-state index is 9.60. The molecule has 2 aliphatic heterocycles. The minimum absolute atomic E-state index is 0.170. The van der Waals surface area contributed by atoms with Crippen LogP contribution < -0.4 is 0 Å². The summed E-state index contributed by atoms with van der Waals surface area (Å²) < 4.78 is 6.42. The first-order chi connectivity index (χ1) is 9.17. The number of likely N-dealkylation sites (tertiary alicyclic amines) is 1. The van der Waals surface area contributed by atoms with E-state index in [0.29, 0.717) is 12.1 Å². The number of ether oxygens (including phenoxy) is 1. The Morgan fingerprint density at radius 3 is 2.74 bits per heavy atom. The summed E-state index contributed by atoms with van der Waals surface area (Å²) in [6, 6.07) is 0.587. The first kappa shape index (κ1) is 13.8.